The molecule has 0 saturated carbocycles. The molecule has 5 heteroatoms. The molecule has 2 aromatic carbocycles. The van der Waals surface area contributed by atoms with E-state index in [1.165, 1.54) is 76.8 Å². The molecule has 0 N–H and O–H groups in total. The standard InChI is InChI=1S/C30H43NO3S/c1-4-5-6-7-8-9-10-11-12-13-14-18-21-26-23-28-29(30(32)31(3)35(28,33)34)24(2)27(26)22-25-19-16-15-17-20-25/h15-17,19-20,23H,4-14,18,21-22H2,1-3H3. The zero-order valence-corrected chi connectivity index (χ0v) is 22.8. The molecule has 0 atom stereocenters. The SMILES string of the molecule is CCCCCCCCCCCCCCc1cc2c(c(C)c1Cc1ccccc1)C(=O)N(C)S2(=O)=O. The van der Waals surface area contributed by atoms with E-state index >= 15 is 0 Å². The quantitative estimate of drug-likeness (QED) is 0.238. The van der Waals surface area contributed by atoms with Crippen molar-refractivity contribution in [2.75, 3.05) is 7.05 Å². The molecule has 0 aromatic heterocycles. The fraction of sp³-hybridized carbons (Fsp3) is 0.567. The van der Waals surface area contributed by atoms with Crippen LogP contribution in [0.3, 0.4) is 0 Å². The molecule has 0 bridgehead atoms. The summed E-state index contributed by atoms with van der Waals surface area (Å²) in [7, 11) is -2.38. The lowest BCUT2D eigenvalue weighted by atomic mass is 9.89. The molecule has 0 saturated heterocycles. The molecule has 0 spiro atoms. The predicted octanol–water partition coefficient (Wildman–Crippen LogP) is 7.60. The number of amides is 1. The zero-order valence-electron chi connectivity index (χ0n) is 21.9. The Bertz CT molecular complexity index is 1080. The number of unbranched alkanes of at least 4 members (excludes halogenated alkanes) is 11. The van der Waals surface area contributed by atoms with Crippen molar-refractivity contribution < 1.29 is 13.2 Å². The van der Waals surface area contributed by atoms with Crippen LogP contribution in [0.1, 0.15) is 117 Å². The van der Waals surface area contributed by atoms with E-state index in [0.717, 1.165) is 40.3 Å². The van der Waals surface area contributed by atoms with Crippen LogP contribution < -0.4 is 0 Å². The van der Waals surface area contributed by atoms with E-state index in [1.807, 2.05) is 25.1 Å². The second kappa shape index (κ2) is 13.2. The first kappa shape index (κ1) is 27.4. The largest absolute Gasteiger partial charge is 0.269 e. The second-order valence-electron chi connectivity index (χ2n) is 10.1. The van der Waals surface area contributed by atoms with Gasteiger partial charge in [-0.1, -0.05) is 108 Å². The average molecular weight is 498 g/mol. The maximum Gasteiger partial charge on any atom is 0.269 e. The Morgan fingerprint density at radius 2 is 1.34 bits per heavy atom. The summed E-state index contributed by atoms with van der Waals surface area (Å²) in [4.78, 5) is 13.0. The summed E-state index contributed by atoms with van der Waals surface area (Å²) in [6, 6.07) is 12.0. The highest BCUT2D eigenvalue weighted by molar-refractivity contribution is 7.90. The number of hydrogen-bond donors (Lipinski definition) is 0. The maximum atomic E-state index is 12.8. The number of sulfonamides is 1. The Labute approximate surface area is 213 Å². The smallest absolute Gasteiger partial charge is 0.268 e. The molecule has 0 aliphatic carbocycles. The van der Waals surface area contributed by atoms with E-state index in [1.54, 1.807) is 6.07 Å². The van der Waals surface area contributed by atoms with E-state index < -0.39 is 15.9 Å². The predicted molar refractivity (Wildman–Crippen MR) is 144 cm³/mol. The molecule has 35 heavy (non-hydrogen) atoms. The third-order valence-corrected chi connectivity index (χ3v) is 9.19. The Balaban J connectivity index is 1.60. The number of benzene rings is 2. The fourth-order valence-corrected chi connectivity index (χ4v) is 6.60. The minimum absolute atomic E-state index is 0.188. The lowest BCUT2D eigenvalue weighted by Crippen LogP contribution is -2.25. The van der Waals surface area contributed by atoms with Gasteiger partial charge < -0.3 is 0 Å². The molecule has 4 nitrogen and oxygen atoms in total. The van der Waals surface area contributed by atoms with Crippen LogP contribution in [0.4, 0.5) is 0 Å². The van der Waals surface area contributed by atoms with Gasteiger partial charge in [-0.15, -0.1) is 0 Å². The van der Waals surface area contributed by atoms with Crippen molar-refractivity contribution in [2.24, 2.45) is 0 Å². The second-order valence-corrected chi connectivity index (χ2v) is 12.0. The molecule has 0 radical (unpaired) electrons. The van der Waals surface area contributed by atoms with Crippen LogP contribution in [-0.2, 0) is 22.9 Å². The number of nitrogens with zero attached hydrogens (tertiary/aromatic N) is 1. The van der Waals surface area contributed by atoms with E-state index in [2.05, 4.69) is 19.1 Å². The van der Waals surface area contributed by atoms with Crippen LogP contribution in [0.5, 0.6) is 0 Å². The zero-order chi connectivity index (χ0) is 25.3. The third kappa shape index (κ3) is 6.97. The van der Waals surface area contributed by atoms with Crippen LogP contribution in [-0.4, -0.2) is 25.7 Å². The van der Waals surface area contributed by atoms with Crippen molar-refractivity contribution in [2.45, 2.75) is 109 Å². The molecule has 0 unspecified atom stereocenters. The van der Waals surface area contributed by atoms with Crippen LogP contribution in [0.15, 0.2) is 41.3 Å². The van der Waals surface area contributed by atoms with Crippen molar-refractivity contribution >= 4 is 15.9 Å². The van der Waals surface area contributed by atoms with Crippen LogP contribution in [0, 0.1) is 6.92 Å². The van der Waals surface area contributed by atoms with Gasteiger partial charge in [0.15, 0.2) is 0 Å². The van der Waals surface area contributed by atoms with Crippen LogP contribution in [0.2, 0.25) is 0 Å². The number of rotatable bonds is 15. The van der Waals surface area contributed by atoms with Gasteiger partial charge in [-0.3, -0.25) is 4.79 Å². The lowest BCUT2D eigenvalue weighted by Gasteiger charge is -2.16. The number of carbonyl (C=O) groups is 1. The Morgan fingerprint density at radius 3 is 1.91 bits per heavy atom. The molecule has 0 fully saturated rings. The van der Waals surface area contributed by atoms with Gasteiger partial charge in [0.1, 0.15) is 4.90 Å². The number of hydrogen-bond acceptors (Lipinski definition) is 3. The molecule has 3 rings (SSSR count). The Hall–Kier alpha value is -2.14. The molecule has 1 amide bonds. The van der Waals surface area contributed by atoms with E-state index in [0.29, 0.717) is 12.0 Å². The summed E-state index contributed by atoms with van der Waals surface area (Å²) < 4.78 is 26.6. The maximum absolute atomic E-state index is 12.8. The van der Waals surface area contributed by atoms with Crippen molar-refractivity contribution in [3.63, 3.8) is 0 Å². The number of carbonyl (C=O) groups excluding carboxylic acids is 1. The highest BCUT2D eigenvalue weighted by Gasteiger charge is 2.41. The first-order valence-electron chi connectivity index (χ1n) is 13.6. The number of fused-ring (bicyclic) bond motifs is 1. The summed E-state index contributed by atoms with van der Waals surface area (Å²) in [5.74, 6) is -0.413. The van der Waals surface area contributed by atoms with Gasteiger partial charge in [-0.25, -0.2) is 12.7 Å². The van der Waals surface area contributed by atoms with E-state index in [4.69, 9.17) is 0 Å². The Kier molecular flexibility index (Phi) is 10.4. The summed E-state index contributed by atoms with van der Waals surface area (Å²) in [6.07, 6.45) is 17.1. The molecular formula is C30H43NO3S. The van der Waals surface area contributed by atoms with Gasteiger partial charge in [0, 0.05) is 7.05 Å². The molecule has 1 aliphatic rings. The van der Waals surface area contributed by atoms with Crippen molar-refractivity contribution in [3.8, 4) is 0 Å². The van der Waals surface area contributed by atoms with E-state index in [9.17, 15) is 13.2 Å². The van der Waals surface area contributed by atoms with Gasteiger partial charge in [0.2, 0.25) is 0 Å². The van der Waals surface area contributed by atoms with Gasteiger partial charge in [0.25, 0.3) is 15.9 Å². The molecular weight excluding hydrogens is 454 g/mol. The third-order valence-electron chi connectivity index (χ3n) is 7.43. The monoisotopic (exact) mass is 497 g/mol. The Morgan fingerprint density at radius 1 is 0.800 bits per heavy atom. The fourth-order valence-electron chi connectivity index (χ4n) is 5.20. The highest BCUT2D eigenvalue weighted by atomic mass is 32.2. The summed E-state index contributed by atoms with van der Waals surface area (Å²) >= 11 is 0. The first-order chi connectivity index (χ1) is 16.9. The first-order valence-corrected chi connectivity index (χ1v) is 15.0. The minimum atomic E-state index is -3.74. The van der Waals surface area contributed by atoms with Gasteiger partial charge >= 0.3 is 0 Å². The topological polar surface area (TPSA) is 54.5 Å². The van der Waals surface area contributed by atoms with Crippen molar-refractivity contribution in [1.29, 1.82) is 0 Å². The lowest BCUT2D eigenvalue weighted by molar-refractivity contribution is 0.0891. The van der Waals surface area contributed by atoms with Gasteiger partial charge in [0.05, 0.1) is 5.56 Å². The summed E-state index contributed by atoms with van der Waals surface area (Å²) in [5, 5.41) is 0. The van der Waals surface area contributed by atoms with Crippen LogP contribution >= 0.6 is 0 Å². The number of aryl methyl sites for hydroxylation is 1. The molecule has 1 aliphatic heterocycles. The molecule has 192 valence electrons. The molecule has 2 aromatic rings. The average Bonchev–Trinajstić information content (AvgIpc) is 3.02. The van der Waals surface area contributed by atoms with E-state index in [-0.39, 0.29) is 4.90 Å². The van der Waals surface area contributed by atoms with Crippen molar-refractivity contribution in [3.05, 3.63) is 64.2 Å². The minimum Gasteiger partial charge on any atom is -0.268 e. The summed E-state index contributed by atoms with van der Waals surface area (Å²) in [6.45, 7) is 4.17. The van der Waals surface area contributed by atoms with Gasteiger partial charge in [-0.2, -0.15) is 0 Å². The van der Waals surface area contributed by atoms with Crippen molar-refractivity contribution in [1.82, 2.24) is 4.31 Å². The highest BCUT2D eigenvalue weighted by Crippen LogP contribution is 2.36. The van der Waals surface area contributed by atoms with Crippen LogP contribution in [0.25, 0.3) is 0 Å². The van der Waals surface area contributed by atoms with Gasteiger partial charge in [-0.05, 0) is 54.5 Å². The molecule has 1 heterocycles. The normalized spacial score (nSPS) is 14.5. The summed E-state index contributed by atoms with van der Waals surface area (Å²) in [5.41, 5.74) is 4.53.